The Morgan fingerprint density at radius 1 is 1.37 bits per heavy atom. The van der Waals surface area contributed by atoms with Crippen LogP contribution in [-0.4, -0.2) is 29.0 Å². The number of Topliss-reactive ketones (excluding diaryl/α,β-unsaturated/α-hetero) is 1. The second kappa shape index (κ2) is 4.64. The Morgan fingerprint density at radius 2 is 2.05 bits per heavy atom. The van der Waals surface area contributed by atoms with Crippen LogP contribution in [0.3, 0.4) is 0 Å². The Morgan fingerprint density at radius 3 is 2.63 bits per heavy atom. The van der Waals surface area contributed by atoms with Crippen LogP contribution in [0, 0.1) is 0 Å². The maximum Gasteiger partial charge on any atom is 0.287 e. The van der Waals surface area contributed by atoms with Gasteiger partial charge in [-0.05, 0) is 24.6 Å². The lowest BCUT2D eigenvalue weighted by Crippen LogP contribution is -2.23. The first kappa shape index (κ1) is 12.9. The molecule has 6 nitrogen and oxygen atoms in total. The summed E-state index contributed by atoms with van der Waals surface area (Å²) in [5, 5.41) is 21.6. The highest BCUT2D eigenvalue weighted by molar-refractivity contribution is 6.08. The number of carbonyl (C=O) groups is 2. The standard InChI is InChI=1S/C13H13NO5/c1-6(15)10-11(14-13(18)12(10)17)7-3-4-8(16)9(5-7)19-2/h3-5,11,16-17H,1-2H3,(H,14,18)/t11-/m0/s1. The lowest BCUT2D eigenvalue weighted by molar-refractivity contribution is -0.119. The van der Waals surface area contributed by atoms with Crippen LogP contribution in [0.2, 0.25) is 0 Å². The molecule has 0 aromatic heterocycles. The van der Waals surface area contributed by atoms with Crippen molar-refractivity contribution in [2.24, 2.45) is 0 Å². The molecule has 1 amide bonds. The molecule has 3 N–H and O–H groups in total. The second-order valence-electron chi connectivity index (χ2n) is 4.16. The van der Waals surface area contributed by atoms with E-state index in [4.69, 9.17) is 4.74 Å². The van der Waals surface area contributed by atoms with E-state index in [-0.39, 0.29) is 17.1 Å². The minimum absolute atomic E-state index is 0.0118. The third-order valence-electron chi connectivity index (χ3n) is 2.95. The minimum atomic E-state index is -0.737. The lowest BCUT2D eigenvalue weighted by Gasteiger charge is -2.15. The van der Waals surface area contributed by atoms with E-state index in [2.05, 4.69) is 5.32 Å². The number of amides is 1. The molecule has 19 heavy (non-hydrogen) atoms. The lowest BCUT2D eigenvalue weighted by atomic mass is 9.97. The number of phenols is 1. The fourth-order valence-electron chi connectivity index (χ4n) is 2.02. The molecule has 1 heterocycles. The maximum absolute atomic E-state index is 11.5. The van der Waals surface area contributed by atoms with E-state index in [0.717, 1.165) is 0 Å². The third kappa shape index (κ3) is 2.12. The van der Waals surface area contributed by atoms with Gasteiger partial charge in [-0.3, -0.25) is 9.59 Å². The summed E-state index contributed by atoms with van der Waals surface area (Å²) in [6.07, 6.45) is 0. The molecule has 1 aliphatic heterocycles. The number of hydrogen-bond acceptors (Lipinski definition) is 5. The first-order valence-corrected chi connectivity index (χ1v) is 5.57. The monoisotopic (exact) mass is 263 g/mol. The zero-order valence-corrected chi connectivity index (χ0v) is 10.4. The van der Waals surface area contributed by atoms with Crippen LogP contribution in [0.25, 0.3) is 0 Å². The maximum atomic E-state index is 11.5. The van der Waals surface area contributed by atoms with E-state index >= 15 is 0 Å². The van der Waals surface area contributed by atoms with Crippen LogP contribution in [-0.2, 0) is 9.59 Å². The molecular weight excluding hydrogens is 250 g/mol. The van der Waals surface area contributed by atoms with Crippen LogP contribution in [0.5, 0.6) is 11.5 Å². The van der Waals surface area contributed by atoms with Gasteiger partial charge < -0.3 is 20.3 Å². The smallest absolute Gasteiger partial charge is 0.287 e. The Kier molecular flexibility index (Phi) is 3.16. The van der Waals surface area contributed by atoms with E-state index < -0.39 is 23.5 Å². The van der Waals surface area contributed by atoms with E-state index in [1.165, 1.54) is 26.2 Å². The number of aliphatic hydroxyl groups is 1. The third-order valence-corrected chi connectivity index (χ3v) is 2.95. The Hall–Kier alpha value is -2.50. The molecule has 2 rings (SSSR count). The summed E-state index contributed by atoms with van der Waals surface area (Å²) in [5.41, 5.74) is 0.551. The van der Waals surface area contributed by atoms with Gasteiger partial charge in [-0.25, -0.2) is 0 Å². The first-order chi connectivity index (χ1) is 8.95. The number of methoxy groups -OCH3 is 1. The van der Waals surface area contributed by atoms with Gasteiger partial charge >= 0.3 is 0 Å². The minimum Gasteiger partial charge on any atom is -0.504 e. The average molecular weight is 263 g/mol. The molecule has 0 saturated carbocycles. The van der Waals surface area contributed by atoms with Crippen LogP contribution in [0.15, 0.2) is 29.5 Å². The molecule has 0 fully saturated rings. The summed E-state index contributed by atoms with van der Waals surface area (Å²) < 4.78 is 4.97. The first-order valence-electron chi connectivity index (χ1n) is 5.57. The second-order valence-corrected chi connectivity index (χ2v) is 4.16. The van der Waals surface area contributed by atoms with Gasteiger partial charge in [-0.15, -0.1) is 0 Å². The number of benzene rings is 1. The average Bonchev–Trinajstić information content (AvgIpc) is 2.66. The molecule has 6 heteroatoms. The predicted molar refractivity (Wildman–Crippen MR) is 65.9 cm³/mol. The topological polar surface area (TPSA) is 95.9 Å². The molecule has 0 radical (unpaired) electrons. The van der Waals surface area contributed by atoms with Crippen molar-refractivity contribution >= 4 is 11.7 Å². The molecule has 1 aromatic rings. The molecule has 0 bridgehead atoms. The van der Waals surface area contributed by atoms with Crippen LogP contribution < -0.4 is 10.1 Å². The van der Waals surface area contributed by atoms with Gasteiger partial charge in [0.2, 0.25) is 0 Å². The predicted octanol–water partition coefficient (Wildman–Crippen LogP) is 0.973. The highest BCUT2D eigenvalue weighted by Gasteiger charge is 2.35. The molecule has 1 atom stereocenters. The highest BCUT2D eigenvalue weighted by Crippen LogP contribution is 2.34. The van der Waals surface area contributed by atoms with Gasteiger partial charge in [-0.1, -0.05) is 6.07 Å². The quantitative estimate of drug-likeness (QED) is 0.755. The number of nitrogens with one attached hydrogen (secondary N) is 1. The molecule has 0 spiro atoms. The van der Waals surface area contributed by atoms with Crippen molar-refractivity contribution in [2.45, 2.75) is 13.0 Å². The number of carbonyl (C=O) groups excluding carboxylic acids is 2. The van der Waals surface area contributed by atoms with Gasteiger partial charge in [0.15, 0.2) is 23.0 Å². The number of ketones is 1. The zero-order chi connectivity index (χ0) is 14.2. The molecule has 1 aromatic carbocycles. The molecule has 0 unspecified atom stereocenters. The Bertz CT molecular complexity index is 591. The summed E-state index contributed by atoms with van der Waals surface area (Å²) in [6.45, 7) is 1.27. The van der Waals surface area contributed by atoms with E-state index in [9.17, 15) is 19.8 Å². The summed E-state index contributed by atoms with van der Waals surface area (Å²) >= 11 is 0. The largest absolute Gasteiger partial charge is 0.504 e. The fourth-order valence-corrected chi connectivity index (χ4v) is 2.02. The SMILES string of the molecule is COc1cc([C@@H]2NC(=O)C(O)=C2C(C)=O)ccc1O. The number of ether oxygens (including phenoxy) is 1. The van der Waals surface area contributed by atoms with Crippen molar-refractivity contribution in [3.63, 3.8) is 0 Å². The summed E-state index contributed by atoms with van der Waals surface area (Å²) in [7, 11) is 1.39. The van der Waals surface area contributed by atoms with Gasteiger partial charge in [0.05, 0.1) is 18.7 Å². The van der Waals surface area contributed by atoms with Crippen molar-refractivity contribution < 1.29 is 24.5 Å². The van der Waals surface area contributed by atoms with Crippen molar-refractivity contribution in [1.82, 2.24) is 5.32 Å². The number of hydrogen-bond donors (Lipinski definition) is 3. The van der Waals surface area contributed by atoms with Crippen LogP contribution in [0.4, 0.5) is 0 Å². The van der Waals surface area contributed by atoms with Gasteiger partial charge in [0, 0.05) is 0 Å². The molecule has 100 valence electrons. The molecule has 0 aliphatic carbocycles. The summed E-state index contributed by atoms with van der Waals surface area (Å²) in [5.74, 6) is -1.48. The fraction of sp³-hybridized carbons (Fsp3) is 0.231. The van der Waals surface area contributed by atoms with Gasteiger partial charge in [0.25, 0.3) is 5.91 Å². The van der Waals surface area contributed by atoms with Crippen LogP contribution in [0.1, 0.15) is 18.5 Å². The van der Waals surface area contributed by atoms with Crippen molar-refractivity contribution in [3.05, 3.63) is 35.1 Å². The number of aromatic hydroxyl groups is 1. The van der Waals surface area contributed by atoms with Crippen molar-refractivity contribution in [2.75, 3.05) is 7.11 Å². The Balaban J connectivity index is 2.48. The van der Waals surface area contributed by atoms with E-state index in [1.54, 1.807) is 6.07 Å². The van der Waals surface area contributed by atoms with Crippen LogP contribution >= 0.6 is 0 Å². The summed E-state index contributed by atoms with van der Waals surface area (Å²) in [6, 6.07) is 3.71. The molecule has 0 saturated heterocycles. The highest BCUT2D eigenvalue weighted by atomic mass is 16.5. The molecular formula is C13H13NO5. The van der Waals surface area contributed by atoms with Crippen molar-refractivity contribution in [1.29, 1.82) is 0 Å². The normalized spacial score (nSPS) is 18.4. The van der Waals surface area contributed by atoms with Gasteiger partial charge in [-0.2, -0.15) is 0 Å². The van der Waals surface area contributed by atoms with E-state index in [0.29, 0.717) is 5.56 Å². The Labute approximate surface area is 109 Å². The summed E-state index contributed by atoms with van der Waals surface area (Å²) in [4.78, 5) is 23.0. The van der Waals surface area contributed by atoms with Gasteiger partial charge in [0.1, 0.15) is 0 Å². The number of phenolic OH excluding ortho intramolecular Hbond substituents is 1. The van der Waals surface area contributed by atoms with E-state index in [1.807, 2.05) is 0 Å². The number of aliphatic hydroxyl groups excluding tert-OH is 1. The van der Waals surface area contributed by atoms with Crippen molar-refractivity contribution in [3.8, 4) is 11.5 Å². The molecule has 1 aliphatic rings. The zero-order valence-electron chi connectivity index (χ0n) is 10.4. The number of rotatable bonds is 3.